The van der Waals surface area contributed by atoms with Gasteiger partial charge in [0.15, 0.2) is 0 Å². The maximum Gasteiger partial charge on any atom is 0.144 e. The Bertz CT molecular complexity index is 695. The average Bonchev–Trinajstić information content (AvgIpc) is 2.41. The molecule has 20 heavy (non-hydrogen) atoms. The Morgan fingerprint density at radius 3 is 2.65 bits per heavy atom. The van der Waals surface area contributed by atoms with Crippen LogP contribution in [0, 0.1) is 11.6 Å². The van der Waals surface area contributed by atoms with Crippen LogP contribution in [-0.4, -0.2) is 17.1 Å². The lowest BCUT2D eigenvalue weighted by molar-refractivity contribution is 0.416. The van der Waals surface area contributed by atoms with Crippen molar-refractivity contribution >= 4 is 28.1 Å². The Labute approximate surface area is 132 Å². The summed E-state index contributed by atoms with van der Waals surface area (Å²) in [6.45, 7) is 6.26. The number of hydrogen-bond acceptors (Lipinski definition) is 3. The predicted molar refractivity (Wildman–Crippen MR) is 87.9 cm³/mol. The van der Waals surface area contributed by atoms with Gasteiger partial charge >= 0.3 is 0 Å². The molecule has 1 heterocycles. The average molecular weight is 353 g/mol. The Morgan fingerprint density at radius 1 is 1.35 bits per heavy atom. The second-order valence-corrected chi connectivity index (χ2v) is 6.16. The molecule has 0 saturated heterocycles. The maximum atomic E-state index is 5.45. The predicted octanol–water partition coefficient (Wildman–Crippen LogP) is 5.01. The Kier molecular flexibility index (Phi) is 4.60. The van der Waals surface area contributed by atoms with Crippen molar-refractivity contribution in [2.75, 3.05) is 7.11 Å². The van der Waals surface area contributed by atoms with Crippen molar-refractivity contribution in [3.05, 3.63) is 38.6 Å². The van der Waals surface area contributed by atoms with Gasteiger partial charge < -0.3 is 9.72 Å². The highest BCUT2D eigenvalue weighted by Gasteiger charge is 2.13. The fraction of sp³-hybridized carbons (Fsp3) is 0.333. The largest absolute Gasteiger partial charge is 0.496 e. The third-order valence-electron chi connectivity index (χ3n) is 3.08. The van der Waals surface area contributed by atoms with E-state index in [1.54, 1.807) is 7.11 Å². The molecule has 0 atom stereocenters. The van der Waals surface area contributed by atoms with Crippen LogP contribution in [0.3, 0.4) is 0 Å². The molecule has 0 saturated carbocycles. The zero-order valence-corrected chi connectivity index (χ0v) is 14.4. The number of H-pyrrole nitrogens is 1. The summed E-state index contributed by atoms with van der Waals surface area (Å²) < 4.78 is 6.86. The number of nitrogens with zero attached hydrogens (tertiary/aromatic N) is 1. The molecule has 0 radical (unpaired) electrons. The number of halogens is 1. The van der Waals surface area contributed by atoms with E-state index in [0.717, 1.165) is 32.9 Å². The summed E-state index contributed by atoms with van der Waals surface area (Å²) in [5.74, 6) is 1.85. The number of aryl methyl sites for hydroxylation is 1. The van der Waals surface area contributed by atoms with Gasteiger partial charge in [-0.15, -0.1) is 0 Å². The summed E-state index contributed by atoms with van der Waals surface area (Å²) in [5.41, 5.74) is 3.10. The van der Waals surface area contributed by atoms with Crippen LogP contribution < -0.4 is 4.74 Å². The molecule has 0 aliphatic rings. The first kappa shape index (κ1) is 15.2. The van der Waals surface area contributed by atoms with Crippen molar-refractivity contribution in [2.24, 2.45) is 0 Å². The number of rotatable bonds is 3. The summed E-state index contributed by atoms with van der Waals surface area (Å²) in [4.78, 5) is 7.82. The van der Waals surface area contributed by atoms with Gasteiger partial charge in [0.1, 0.15) is 16.2 Å². The van der Waals surface area contributed by atoms with Gasteiger partial charge in [-0.1, -0.05) is 32.1 Å². The van der Waals surface area contributed by atoms with Gasteiger partial charge in [0, 0.05) is 5.69 Å². The molecule has 2 aromatic rings. The third kappa shape index (κ3) is 2.94. The molecular formula is C15H17BrN2OS. The van der Waals surface area contributed by atoms with E-state index in [4.69, 9.17) is 17.0 Å². The molecular weight excluding hydrogens is 336 g/mol. The number of benzene rings is 1. The van der Waals surface area contributed by atoms with Gasteiger partial charge in [0.05, 0.1) is 17.1 Å². The van der Waals surface area contributed by atoms with Gasteiger partial charge in [-0.05, 0) is 46.5 Å². The molecule has 0 unspecified atom stereocenters. The number of methoxy groups -OCH3 is 1. The summed E-state index contributed by atoms with van der Waals surface area (Å²) in [5, 5.41) is 0. The fourth-order valence-corrected chi connectivity index (χ4v) is 2.84. The lowest BCUT2D eigenvalue weighted by Gasteiger charge is -2.13. The van der Waals surface area contributed by atoms with Crippen LogP contribution in [0.25, 0.3) is 11.4 Å². The van der Waals surface area contributed by atoms with Gasteiger partial charge in [-0.25, -0.2) is 4.98 Å². The summed E-state index contributed by atoms with van der Waals surface area (Å²) >= 11 is 8.84. The number of aromatic amines is 1. The number of nitrogens with one attached hydrogen (secondary N) is 1. The minimum atomic E-state index is 0.323. The Hall–Kier alpha value is -1.20. The van der Waals surface area contributed by atoms with Crippen LogP contribution in [0.4, 0.5) is 0 Å². The van der Waals surface area contributed by atoms with Crippen molar-refractivity contribution in [3.8, 4) is 17.1 Å². The molecule has 0 bridgehead atoms. The highest BCUT2D eigenvalue weighted by molar-refractivity contribution is 9.10. The van der Waals surface area contributed by atoms with Gasteiger partial charge in [0.2, 0.25) is 0 Å². The first-order valence-corrected chi connectivity index (χ1v) is 7.59. The lowest BCUT2D eigenvalue weighted by Crippen LogP contribution is -2.01. The molecule has 1 N–H and O–H groups in total. The van der Waals surface area contributed by atoms with E-state index in [0.29, 0.717) is 10.6 Å². The van der Waals surface area contributed by atoms with E-state index >= 15 is 0 Å². The highest BCUT2D eigenvalue weighted by atomic mass is 79.9. The summed E-state index contributed by atoms with van der Waals surface area (Å²) in [6.07, 6.45) is 0. The molecule has 1 aromatic heterocycles. The quantitative estimate of drug-likeness (QED) is 0.789. The van der Waals surface area contributed by atoms with Crippen molar-refractivity contribution < 1.29 is 4.74 Å². The molecule has 106 valence electrons. The highest BCUT2D eigenvalue weighted by Crippen LogP contribution is 2.31. The van der Waals surface area contributed by atoms with E-state index in [2.05, 4.69) is 39.7 Å². The molecule has 0 aliphatic heterocycles. The van der Waals surface area contributed by atoms with Gasteiger partial charge in [-0.3, -0.25) is 0 Å². The van der Waals surface area contributed by atoms with Crippen LogP contribution >= 0.6 is 28.1 Å². The van der Waals surface area contributed by atoms with Crippen LogP contribution in [0.5, 0.6) is 5.75 Å². The minimum Gasteiger partial charge on any atom is -0.496 e. The Balaban J connectivity index is 2.67. The third-order valence-corrected chi connectivity index (χ3v) is 4.44. The molecule has 3 nitrogen and oxygen atoms in total. The second kappa shape index (κ2) is 6.06. The van der Waals surface area contributed by atoms with Gasteiger partial charge in [-0.2, -0.15) is 0 Å². The van der Waals surface area contributed by atoms with Crippen molar-refractivity contribution in [2.45, 2.75) is 26.7 Å². The summed E-state index contributed by atoms with van der Waals surface area (Å²) in [7, 11) is 1.66. The maximum absolute atomic E-state index is 5.45. The zero-order valence-electron chi connectivity index (χ0n) is 12.0. The number of aromatic nitrogens is 2. The van der Waals surface area contributed by atoms with Crippen molar-refractivity contribution in [1.29, 1.82) is 0 Å². The van der Waals surface area contributed by atoms with E-state index in [-0.39, 0.29) is 0 Å². The van der Waals surface area contributed by atoms with E-state index in [9.17, 15) is 0 Å². The number of ether oxygens (including phenoxy) is 1. The first-order valence-electron chi connectivity index (χ1n) is 6.38. The minimum absolute atomic E-state index is 0.323. The monoisotopic (exact) mass is 352 g/mol. The Morgan fingerprint density at radius 2 is 2.05 bits per heavy atom. The van der Waals surface area contributed by atoms with Crippen LogP contribution in [-0.2, 0) is 0 Å². The standard InChI is InChI=1S/C15H17BrN2OS/c1-8(2)13-12(16)15(20)18-14(17-13)10-6-5-9(3)7-11(10)19-4/h5-8H,1-4H3,(H,17,18,20). The number of hydrogen-bond donors (Lipinski definition) is 1. The lowest BCUT2D eigenvalue weighted by atomic mass is 10.1. The molecule has 0 aliphatic carbocycles. The molecule has 0 spiro atoms. The molecule has 5 heteroatoms. The zero-order chi connectivity index (χ0) is 14.9. The van der Waals surface area contributed by atoms with E-state index in [1.807, 2.05) is 25.1 Å². The van der Waals surface area contributed by atoms with Crippen LogP contribution in [0.2, 0.25) is 0 Å². The van der Waals surface area contributed by atoms with Crippen molar-refractivity contribution in [3.63, 3.8) is 0 Å². The smallest absolute Gasteiger partial charge is 0.144 e. The van der Waals surface area contributed by atoms with E-state index in [1.165, 1.54) is 0 Å². The molecule has 2 rings (SSSR count). The molecule has 0 amide bonds. The van der Waals surface area contributed by atoms with E-state index < -0.39 is 0 Å². The fourth-order valence-electron chi connectivity index (χ4n) is 2.00. The molecule has 0 fully saturated rings. The molecule has 1 aromatic carbocycles. The van der Waals surface area contributed by atoms with Crippen LogP contribution in [0.15, 0.2) is 22.7 Å². The van der Waals surface area contributed by atoms with Crippen molar-refractivity contribution in [1.82, 2.24) is 9.97 Å². The summed E-state index contributed by atoms with van der Waals surface area (Å²) in [6, 6.07) is 6.03. The normalized spacial score (nSPS) is 10.9. The van der Waals surface area contributed by atoms with Crippen LogP contribution in [0.1, 0.15) is 31.0 Å². The first-order chi connectivity index (χ1) is 9.43. The SMILES string of the molecule is COc1cc(C)ccc1-c1nc(=S)c(Br)c(C(C)C)[nH]1. The second-order valence-electron chi connectivity index (χ2n) is 4.98. The van der Waals surface area contributed by atoms with Gasteiger partial charge in [0.25, 0.3) is 0 Å². The topological polar surface area (TPSA) is 37.9 Å².